The maximum atomic E-state index is 12.1. The predicted octanol–water partition coefficient (Wildman–Crippen LogP) is 3.99. The van der Waals surface area contributed by atoms with Gasteiger partial charge in [-0.2, -0.15) is 0 Å². The summed E-state index contributed by atoms with van der Waals surface area (Å²) < 4.78 is 10.6. The van der Waals surface area contributed by atoms with Crippen LogP contribution >= 0.6 is 11.6 Å². The maximum Gasteiger partial charge on any atom is 0.310 e. The summed E-state index contributed by atoms with van der Waals surface area (Å²) in [5.41, 5.74) is 1.46. The summed E-state index contributed by atoms with van der Waals surface area (Å²) in [5.74, 6) is -0.235. The van der Waals surface area contributed by atoms with Crippen LogP contribution in [-0.4, -0.2) is 24.6 Å². The highest BCUT2D eigenvalue weighted by atomic mass is 35.5. The molecule has 0 aliphatic heterocycles. The van der Waals surface area contributed by atoms with Crippen LogP contribution in [0.15, 0.2) is 48.5 Å². The Kier molecular flexibility index (Phi) is 6.83. The second-order valence-electron chi connectivity index (χ2n) is 5.49. The van der Waals surface area contributed by atoms with E-state index in [1.807, 2.05) is 25.1 Å². The van der Waals surface area contributed by atoms with Crippen LogP contribution in [0.2, 0.25) is 5.02 Å². The summed E-state index contributed by atoms with van der Waals surface area (Å²) in [4.78, 5) is 24.0. The van der Waals surface area contributed by atoms with E-state index in [-0.39, 0.29) is 13.0 Å². The highest BCUT2D eigenvalue weighted by Crippen LogP contribution is 2.20. The quantitative estimate of drug-likeness (QED) is 0.757. The number of hydrogen-bond acceptors (Lipinski definition) is 4. The van der Waals surface area contributed by atoms with Crippen molar-refractivity contribution in [2.45, 2.75) is 26.4 Å². The van der Waals surface area contributed by atoms with Gasteiger partial charge in [-0.3, -0.25) is 9.59 Å². The number of ether oxygens (including phenoxy) is 2. The number of para-hydroxylation sites is 1. The normalized spacial score (nSPS) is 11.5. The lowest BCUT2D eigenvalue weighted by atomic mass is 10.2. The molecule has 0 saturated carbocycles. The van der Waals surface area contributed by atoms with Crippen molar-refractivity contribution in [2.24, 2.45) is 0 Å². The molecule has 5 nitrogen and oxygen atoms in total. The van der Waals surface area contributed by atoms with Gasteiger partial charge in [0.25, 0.3) is 5.91 Å². The summed E-state index contributed by atoms with van der Waals surface area (Å²) in [6.45, 7) is 3.55. The average Bonchev–Trinajstić information content (AvgIpc) is 2.59. The third-order valence-electron chi connectivity index (χ3n) is 3.45. The number of esters is 1. The number of carbonyl (C=O) groups is 2. The highest BCUT2D eigenvalue weighted by Gasteiger charge is 2.18. The second-order valence-corrected chi connectivity index (χ2v) is 5.93. The Morgan fingerprint density at radius 3 is 2.60 bits per heavy atom. The van der Waals surface area contributed by atoms with Gasteiger partial charge in [0.15, 0.2) is 6.10 Å². The van der Waals surface area contributed by atoms with E-state index in [2.05, 4.69) is 5.32 Å². The third kappa shape index (κ3) is 6.12. The molecule has 1 N–H and O–H groups in total. The van der Waals surface area contributed by atoms with Crippen LogP contribution < -0.4 is 10.1 Å². The molecular formula is C19H20ClNO4. The highest BCUT2D eigenvalue weighted by molar-refractivity contribution is 6.31. The molecule has 25 heavy (non-hydrogen) atoms. The Balaban J connectivity index is 1.78. The number of halogens is 1. The first-order chi connectivity index (χ1) is 12.0. The van der Waals surface area contributed by atoms with E-state index in [4.69, 9.17) is 21.1 Å². The van der Waals surface area contributed by atoms with E-state index >= 15 is 0 Å². The van der Waals surface area contributed by atoms with E-state index in [1.54, 1.807) is 30.3 Å². The van der Waals surface area contributed by atoms with Gasteiger partial charge >= 0.3 is 5.97 Å². The van der Waals surface area contributed by atoms with Gasteiger partial charge in [0.1, 0.15) is 5.75 Å². The van der Waals surface area contributed by atoms with Crippen LogP contribution in [0.4, 0.5) is 5.69 Å². The molecule has 0 unspecified atom stereocenters. The molecule has 0 fully saturated rings. The predicted molar refractivity (Wildman–Crippen MR) is 96.9 cm³/mol. The summed E-state index contributed by atoms with van der Waals surface area (Å²) >= 11 is 5.92. The molecule has 0 saturated heterocycles. The molecule has 0 aliphatic carbocycles. The Hall–Kier alpha value is -2.53. The fourth-order valence-corrected chi connectivity index (χ4v) is 2.21. The van der Waals surface area contributed by atoms with Crippen LogP contribution in [0.3, 0.4) is 0 Å². The van der Waals surface area contributed by atoms with Gasteiger partial charge in [0.05, 0.1) is 13.0 Å². The summed E-state index contributed by atoms with van der Waals surface area (Å²) in [7, 11) is 0. The van der Waals surface area contributed by atoms with Gasteiger partial charge in [-0.15, -0.1) is 0 Å². The lowest BCUT2D eigenvalue weighted by Crippen LogP contribution is -2.30. The molecule has 0 spiro atoms. The standard InChI is InChI=1S/C19H20ClNO4/c1-13-8-9-15(20)12-17(13)21-19(23)14(2)25-18(22)10-11-24-16-6-4-3-5-7-16/h3-9,12,14H,10-11H2,1-2H3,(H,21,23)/t14-/m0/s1. The molecular weight excluding hydrogens is 342 g/mol. The van der Waals surface area contributed by atoms with Crippen LogP contribution in [0.5, 0.6) is 5.75 Å². The zero-order chi connectivity index (χ0) is 18.2. The van der Waals surface area contributed by atoms with Gasteiger partial charge in [-0.25, -0.2) is 0 Å². The smallest absolute Gasteiger partial charge is 0.310 e. The van der Waals surface area contributed by atoms with Crippen molar-refractivity contribution in [1.29, 1.82) is 0 Å². The van der Waals surface area contributed by atoms with Crippen molar-refractivity contribution in [1.82, 2.24) is 0 Å². The number of hydrogen-bond donors (Lipinski definition) is 1. The van der Waals surface area contributed by atoms with E-state index in [0.717, 1.165) is 5.56 Å². The number of amides is 1. The summed E-state index contributed by atoms with van der Waals surface area (Å²) in [5, 5.41) is 3.22. The fourth-order valence-electron chi connectivity index (χ4n) is 2.04. The van der Waals surface area contributed by atoms with Gasteiger partial charge in [-0.1, -0.05) is 35.9 Å². The van der Waals surface area contributed by atoms with Crippen molar-refractivity contribution in [3.63, 3.8) is 0 Å². The lowest BCUT2D eigenvalue weighted by molar-refractivity contribution is -0.153. The lowest BCUT2D eigenvalue weighted by Gasteiger charge is -2.15. The molecule has 0 radical (unpaired) electrons. The minimum Gasteiger partial charge on any atom is -0.493 e. The van der Waals surface area contributed by atoms with Crippen LogP contribution in [-0.2, 0) is 14.3 Å². The molecule has 6 heteroatoms. The number of rotatable bonds is 7. The van der Waals surface area contributed by atoms with Crippen LogP contribution in [0.25, 0.3) is 0 Å². The van der Waals surface area contributed by atoms with Crippen molar-refractivity contribution in [3.8, 4) is 5.75 Å². The van der Waals surface area contributed by atoms with E-state index in [9.17, 15) is 9.59 Å². The molecule has 2 aromatic rings. The zero-order valence-electron chi connectivity index (χ0n) is 14.1. The van der Waals surface area contributed by atoms with Gasteiger partial charge in [-0.05, 0) is 43.7 Å². The topological polar surface area (TPSA) is 64.6 Å². The maximum absolute atomic E-state index is 12.1. The number of nitrogens with one attached hydrogen (secondary N) is 1. The molecule has 0 heterocycles. The molecule has 0 bridgehead atoms. The van der Waals surface area contributed by atoms with E-state index < -0.39 is 18.0 Å². The largest absolute Gasteiger partial charge is 0.493 e. The molecule has 0 aromatic heterocycles. The first kappa shape index (κ1) is 18.8. The van der Waals surface area contributed by atoms with Gasteiger partial charge in [0.2, 0.25) is 0 Å². The second kappa shape index (κ2) is 9.08. The average molecular weight is 362 g/mol. The minimum atomic E-state index is -0.914. The molecule has 0 aliphatic rings. The van der Waals surface area contributed by atoms with Crippen LogP contribution in [0.1, 0.15) is 18.9 Å². The monoisotopic (exact) mass is 361 g/mol. The van der Waals surface area contributed by atoms with Crippen molar-refractivity contribution >= 4 is 29.2 Å². The number of anilines is 1. The molecule has 1 atom stereocenters. The van der Waals surface area contributed by atoms with Crippen molar-refractivity contribution < 1.29 is 19.1 Å². The van der Waals surface area contributed by atoms with Gasteiger partial charge < -0.3 is 14.8 Å². The molecule has 1 amide bonds. The fraction of sp³-hybridized carbons (Fsp3) is 0.263. The Morgan fingerprint density at radius 1 is 1.16 bits per heavy atom. The minimum absolute atomic E-state index is 0.0582. The van der Waals surface area contributed by atoms with Gasteiger partial charge in [0, 0.05) is 10.7 Å². The van der Waals surface area contributed by atoms with E-state index in [0.29, 0.717) is 16.5 Å². The van der Waals surface area contributed by atoms with Crippen molar-refractivity contribution in [3.05, 3.63) is 59.1 Å². The first-order valence-corrected chi connectivity index (χ1v) is 8.28. The molecule has 132 valence electrons. The third-order valence-corrected chi connectivity index (χ3v) is 3.69. The Morgan fingerprint density at radius 2 is 1.88 bits per heavy atom. The van der Waals surface area contributed by atoms with E-state index in [1.165, 1.54) is 6.92 Å². The molecule has 2 rings (SSSR count). The number of carbonyl (C=O) groups excluding carboxylic acids is 2. The SMILES string of the molecule is Cc1ccc(Cl)cc1NC(=O)[C@H](C)OC(=O)CCOc1ccccc1. The Bertz CT molecular complexity index is 733. The summed E-state index contributed by atoms with van der Waals surface area (Å²) in [6.07, 6.45) is -0.856. The van der Waals surface area contributed by atoms with Crippen LogP contribution in [0, 0.1) is 6.92 Å². The summed E-state index contributed by atoms with van der Waals surface area (Å²) in [6, 6.07) is 14.4. The molecule has 2 aromatic carbocycles. The number of aryl methyl sites for hydroxylation is 1. The Labute approximate surface area is 151 Å². The first-order valence-electron chi connectivity index (χ1n) is 7.90. The number of benzene rings is 2. The zero-order valence-corrected chi connectivity index (χ0v) is 14.9. The van der Waals surface area contributed by atoms with Crippen molar-refractivity contribution in [2.75, 3.05) is 11.9 Å².